The van der Waals surface area contributed by atoms with E-state index in [9.17, 15) is 19.5 Å². The summed E-state index contributed by atoms with van der Waals surface area (Å²) in [5.41, 5.74) is 0. The minimum atomic E-state index is -1.03. The molecule has 0 aliphatic carbocycles. The number of β-lactam (4-membered cyclic amide) rings is 1. The van der Waals surface area contributed by atoms with Gasteiger partial charge in [-0.3, -0.25) is 10.1 Å². The van der Waals surface area contributed by atoms with Crippen molar-refractivity contribution in [3.63, 3.8) is 0 Å². The van der Waals surface area contributed by atoms with E-state index >= 15 is 0 Å². The number of hydrogen-bond donors (Lipinski definition) is 3. The Hall–Kier alpha value is -2.29. The molecule has 8 nitrogen and oxygen atoms in total. The number of rotatable bonds is 3. The summed E-state index contributed by atoms with van der Waals surface area (Å²) < 4.78 is -0.611. The first kappa shape index (κ1) is 15.6. The molecule has 3 N–H and O–H groups in total. The van der Waals surface area contributed by atoms with Crippen molar-refractivity contribution in [1.82, 2.24) is 15.2 Å². The fourth-order valence-electron chi connectivity index (χ4n) is 2.88. The van der Waals surface area contributed by atoms with Crippen molar-refractivity contribution in [2.75, 3.05) is 5.32 Å². The van der Waals surface area contributed by atoms with Gasteiger partial charge in [-0.15, -0.1) is 11.8 Å². The largest absolute Gasteiger partial charge is 0.480 e. The van der Waals surface area contributed by atoms with Crippen LogP contribution in [0.1, 0.15) is 13.8 Å². The number of carboxylic acid groups (broad SMARTS) is 1. The van der Waals surface area contributed by atoms with Gasteiger partial charge in [-0.2, -0.15) is 0 Å². The number of nitrogens with zero attached hydrogens (tertiary/aromatic N) is 2. The summed E-state index contributed by atoms with van der Waals surface area (Å²) in [5, 5.41) is 14.1. The van der Waals surface area contributed by atoms with Crippen LogP contribution in [0.4, 0.5) is 10.6 Å². The Morgan fingerprint density at radius 1 is 1.39 bits per heavy atom. The lowest BCUT2D eigenvalue weighted by Gasteiger charge is -2.43. The van der Waals surface area contributed by atoms with Gasteiger partial charge >= 0.3 is 12.0 Å². The summed E-state index contributed by atoms with van der Waals surface area (Å²) in [5.74, 6) is -1.04. The van der Waals surface area contributed by atoms with Crippen LogP contribution in [-0.2, 0) is 9.59 Å². The van der Waals surface area contributed by atoms with Crippen LogP contribution in [-0.4, -0.2) is 55.1 Å². The van der Waals surface area contributed by atoms with E-state index in [1.807, 2.05) is 0 Å². The lowest BCUT2D eigenvalue weighted by molar-refractivity contribution is -0.159. The topological polar surface area (TPSA) is 112 Å². The van der Waals surface area contributed by atoms with E-state index in [-0.39, 0.29) is 11.3 Å². The molecule has 3 atom stereocenters. The van der Waals surface area contributed by atoms with Crippen LogP contribution in [0, 0.1) is 0 Å². The minimum Gasteiger partial charge on any atom is -0.480 e. The minimum absolute atomic E-state index is 0.368. The fourth-order valence-corrected chi connectivity index (χ4v) is 4.50. The highest BCUT2D eigenvalue weighted by molar-refractivity contribution is 8.01. The Balaban J connectivity index is 1.66. The smallest absolute Gasteiger partial charge is 0.327 e. The summed E-state index contributed by atoms with van der Waals surface area (Å²) in [6.07, 6.45) is 1.54. The molecule has 0 bridgehead atoms. The number of anilines is 1. The number of carboxylic acids is 1. The third kappa shape index (κ3) is 2.61. The van der Waals surface area contributed by atoms with Gasteiger partial charge in [0.2, 0.25) is 5.91 Å². The van der Waals surface area contributed by atoms with Crippen molar-refractivity contribution in [1.29, 1.82) is 0 Å². The number of thioether (sulfide) groups is 1. The molecule has 0 radical (unpaired) electrons. The molecule has 122 valence electrons. The highest BCUT2D eigenvalue weighted by Crippen LogP contribution is 2.50. The molecular weight excluding hydrogens is 320 g/mol. The number of aliphatic carboxylic acids is 1. The highest BCUT2D eigenvalue weighted by Gasteiger charge is 2.64. The van der Waals surface area contributed by atoms with Crippen molar-refractivity contribution in [3.8, 4) is 0 Å². The number of nitrogens with one attached hydrogen (secondary N) is 2. The molecule has 1 aromatic rings. The van der Waals surface area contributed by atoms with Gasteiger partial charge in [0, 0.05) is 10.9 Å². The second-order valence-electron chi connectivity index (χ2n) is 5.89. The van der Waals surface area contributed by atoms with Gasteiger partial charge in [0.05, 0.1) is 0 Å². The number of fused-ring (bicyclic) bond motifs is 1. The summed E-state index contributed by atoms with van der Waals surface area (Å²) in [6.45, 7) is 3.57. The Bertz CT molecular complexity index is 666. The molecule has 0 spiro atoms. The number of pyridine rings is 1. The van der Waals surface area contributed by atoms with Crippen LogP contribution in [0.15, 0.2) is 24.4 Å². The maximum atomic E-state index is 12.2. The number of urea groups is 1. The van der Waals surface area contributed by atoms with Crippen LogP contribution < -0.4 is 10.6 Å². The second-order valence-corrected chi connectivity index (χ2v) is 7.66. The summed E-state index contributed by atoms with van der Waals surface area (Å²) in [4.78, 5) is 40.9. The SMILES string of the molecule is CC1(C)SC2C(NC(=O)Nc3ccccn3)C(=O)N2C1C(=O)O. The first-order valence-electron chi connectivity index (χ1n) is 7.02. The zero-order valence-corrected chi connectivity index (χ0v) is 13.3. The highest BCUT2D eigenvalue weighted by atomic mass is 32.2. The number of aromatic nitrogens is 1. The van der Waals surface area contributed by atoms with Gasteiger partial charge in [-0.05, 0) is 26.0 Å². The zero-order valence-electron chi connectivity index (χ0n) is 12.5. The van der Waals surface area contributed by atoms with Gasteiger partial charge in [0.1, 0.15) is 23.3 Å². The number of hydrogen-bond acceptors (Lipinski definition) is 5. The Labute approximate surface area is 136 Å². The number of carbonyl (C=O) groups is 3. The van der Waals surface area contributed by atoms with Gasteiger partial charge in [0.25, 0.3) is 0 Å². The molecule has 0 aromatic carbocycles. The van der Waals surface area contributed by atoms with Crippen LogP contribution in [0.3, 0.4) is 0 Å². The normalized spacial score (nSPS) is 27.8. The van der Waals surface area contributed by atoms with Gasteiger partial charge in [-0.25, -0.2) is 14.6 Å². The van der Waals surface area contributed by atoms with E-state index in [4.69, 9.17) is 0 Å². The average Bonchev–Trinajstić information content (AvgIpc) is 2.74. The van der Waals surface area contributed by atoms with E-state index in [1.54, 1.807) is 38.2 Å². The van der Waals surface area contributed by atoms with E-state index in [0.717, 1.165) is 0 Å². The maximum absolute atomic E-state index is 12.2. The summed E-state index contributed by atoms with van der Waals surface area (Å²) in [7, 11) is 0. The molecule has 1 aromatic heterocycles. The molecule has 23 heavy (non-hydrogen) atoms. The number of amides is 3. The second kappa shape index (κ2) is 5.41. The monoisotopic (exact) mass is 336 g/mol. The van der Waals surface area contributed by atoms with E-state index in [1.165, 1.54) is 16.7 Å². The zero-order chi connectivity index (χ0) is 16.8. The van der Waals surface area contributed by atoms with Crippen LogP contribution >= 0.6 is 11.8 Å². The third-order valence-electron chi connectivity index (χ3n) is 3.87. The van der Waals surface area contributed by atoms with E-state index in [2.05, 4.69) is 15.6 Å². The summed E-state index contributed by atoms with van der Waals surface area (Å²) in [6, 6.07) is 2.92. The predicted octanol–water partition coefficient (Wildman–Crippen LogP) is 0.719. The number of carbonyl (C=O) groups excluding carboxylic acids is 2. The van der Waals surface area contributed by atoms with Crippen molar-refractivity contribution >= 4 is 35.5 Å². The molecule has 2 saturated heterocycles. The molecule has 0 saturated carbocycles. The van der Waals surface area contributed by atoms with Crippen LogP contribution in [0.25, 0.3) is 0 Å². The first-order chi connectivity index (χ1) is 10.8. The standard InChI is InChI=1S/C14H16N4O4S/c1-14(2)9(12(20)21)18-10(19)8(11(18)23-14)17-13(22)16-7-5-3-4-6-15-7/h3-6,8-9,11H,1-2H3,(H,20,21)(H2,15,16,17,22). The van der Waals surface area contributed by atoms with E-state index < -0.39 is 28.8 Å². The lowest BCUT2D eigenvalue weighted by atomic mass is 9.96. The quantitative estimate of drug-likeness (QED) is 0.701. The van der Waals surface area contributed by atoms with Crippen molar-refractivity contribution in [2.24, 2.45) is 0 Å². The molecule has 2 aliphatic rings. The molecule has 2 aliphatic heterocycles. The first-order valence-corrected chi connectivity index (χ1v) is 7.90. The molecule has 3 heterocycles. The Morgan fingerprint density at radius 3 is 2.74 bits per heavy atom. The van der Waals surface area contributed by atoms with Gasteiger partial charge < -0.3 is 15.3 Å². The molecule has 3 unspecified atom stereocenters. The van der Waals surface area contributed by atoms with Gasteiger partial charge in [0.15, 0.2) is 0 Å². The Morgan fingerprint density at radius 2 is 2.13 bits per heavy atom. The molecule has 3 rings (SSSR count). The van der Waals surface area contributed by atoms with Gasteiger partial charge in [-0.1, -0.05) is 6.07 Å². The van der Waals surface area contributed by atoms with E-state index in [0.29, 0.717) is 5.82 Å². The van der Waals surface area contributed by atoms with Crippen LogP contribution in [0.5, 0.6) is 0 Å². The predicted molar refractivity (Wildman–Crippen MR) is 83.9 cm³/mol. The summed E-state index contributed by atoms with van der Waals surface area (Å²) >= 11 is 1.38. The lowest BCUT2D eigenvalue weighted by Crippen LogP contribution is -2.70. The van der Waals surface area contributed by atoms with Crippen LogP contribution in [0.2, 0.25) is 0 Å². The van der Waals surface area contributed by atoms with Crippen molar-refractivity contribution in [2.45, 2.75) is 36.1 Å². The molecular formula is C14H16N4O4S. The molecule has 9 heteroatoms. The average molecular weight is 336 g/mol. The fraction of sp³-hybridized carbons (Fsp3) is 0.429. The molecule has 3 amide bonds. The van der Waals surface area contributed by atoms with Crippen molar-refractivity contribution < 1.29 is 19.5 Å². The Kier molecular flexibility index (Phi) is 3.67. The third-order valence-corrected chi connectivity index (χ3v) is 5.44. The molecule has 2 fully saturated rings. The maximum Gasteiger partial charge on any atom is 0.327 e. The van der Waals surface area contributed by atoms with Crippen molar-refractivity contribution in [3.05, 3.63) is 24.4 Å².